The topological polar surface area (TPSA) is 43.1 Å². The summed E-state index contributed by atoms with van der Waals surface area (Å²) in [6.45, 7) is 4.33. The summed E-state index contributed by atoms with van der Waals surface area (Å²) >= 11 is 0. The van der Waals surface area contributed by atoms with E-state index in [-0.39, 0.29) is 0 Å². The first kappa shape index (κ1) is 9.27. The quantitative estimate of drug-likeness (QED) is 0.622. The molecular formula is C12H12N4. The van der Waals surface area contributed by atoms with Gasteiger partial charge in [-0.1, -0.05) is 13.8 Å². The molecule has 0 unspecified atom stereocenters. The summed E-state index contributed by atoms with van der Waals surface area (Å²) in [5.41, 5.74) is 4.19. The van der Waals surface area contributed by atoms with Crippen molar-refractivity contribution in [3.8, 4) is 0 Å². The Bertz CT molecular complexity index is 654. The van der Waals surface area contributed by atoms with Gasteiger partial charge in [0.05, 0.1) is 11.0 Å². The first-order valence-corrected chi connectivity index (χ1v) is 5.35. The number of nitrogens with zero attached hydrogens (tertiary/aromatic N) is 4. The lowest BCUT2D eigenvalue weighted by Crippen LogP contribution is -1.97. The van der Waals surface area contributed by atoms with Gasteiger partial charge >= 0.3 is 0 Å². The highest BCUT2D eigenvalue weighted by molar-refractivity contribution is 5.82. The Hall–Kier alpha value is -1.97. The van der Waals surface area contributed by atoms with Crippen LogP contribution in [-0.2, 0) is 0 Å². The van der Waals surface area contributed by atoms with Gasteiger partial charge in [0.15, 0.2) is 5.65 Å². The van der Waals surface area contributed by atoms with Gasteiger partial charge in [-0.3, -0.25) is 9.38 Å². The molecule has 3 rings (SSSR count). The number of hydrogen-bond donors (Lipinski definition) is 0. The van der Waals surface area contributed by atoms with Crippen LogP contribution in [0.15, 0.2) is 30.7 Å². The van der Waals surface area contributed by atoms with Crippen LogP contribution in [0.2, 0.25) is 0 Å². The molecule has 3 aromatic rings. The van der Waals surface area contributed by atoms with Crippen molar-refractivity contribution in [3.05, 3.63) is 36.3 Å². The van der Waals surface area contributed by atoms with Crippen molar-refractivity contribution in [2.24, 2.45) is 0 Å². The number of aromatic nitrogens is 4. The fourth-order valence-corrected chi connectivity index (χ4v) is 1.99. The molecule has 0 bridgehead atoms. The van der Waals surface area contributed by atoms with Crippen LogP contribution >= 0.6 is 0 Å². The summed E-state index contributed by atoms with van der Waals surface area (Å²) in [5, 5.41) is 8.03. The lowest BCUT2D eigenvalue weighted by molar-refractivity contribution is 0.871. The molecule has 80 valence electrons. The smallest absolute Gasteiger partial charge is 0.161 e. The molecule has 0 spiro atoms. The first-order valence-electron chi connectivity index (χ1n) is 5.35. The average Bonchev–Trinajstić information content (AvgIpc) is 2.75. The molecule has 0 aromatic carbocycles. The van der Waals surface area contributed by atoms with Gasteiger partial charge in [-0.25, -0.2) is 0 Å². The van der Waals surface area contributed by atoms with Crippen LogP contribution in [0.3, 0.4) is 0 Å². The number of pyridine rings is 2. The normalized spacial score (nSPS) is 11.7. The van der Waals surface area contributed by atoms with Gasteiger partial charge < -0.3 is 0 Å². The maximum atomic E-state index is 4.46. The van der Waals surface area contributed by atoms with Crippen molar-refractivity contribution in [1.82, 2.24) is 19.6 Å². The third-order valence-corrected chi connectivity index (χ3v) is 2.80. The van der Waals surface area contributed by atoms with Crippen molar-refractivity contribution < 1.29 is 0 Å². The zero-order chi connectivity index (χ0) is 11.1. The summed E-state index contributed by atoms with van der Waals surface area (Å²) in [6, 6.07) is 6.05. The van der Waals surface area contributed by atoms with Crippen LogP contribution in [0.4, 0.5) is 0 Å². The molecule has 0 fully saturated rings. The summed E-state index contributed by atoms with van der Waals surface area (Å²) in [6.07, 6.45) is 3.55. The van der Waals surface area contributed by atoms with Crippen LogP contribution in [0.1, 0.15) is 25.3 Å². The van der Waals surface area contributed by atoms with Crippen LogP contribution in [0, 0.1) is 0 Å². The van der Waals surface area contributed by atoms with Gasteiger partial charge in [0.2, 0.25) is 0 Å². The Labute approximate surface area is 93.0 Å². The minimum atomic E-state index is 0.430. The second-order valence-corrected chi connectivity index (χ2v) is 4.18. The van der Waals surface area contributed by atoms with E-state index in [1.807, 2.05) is 22.7 Å². The van der Waals surface area contributed by atoms with E-state index in [0.717, 1.165) is 16.7 Å². The fraction of sp³-hybridized carbons (Fsp3) is 0.250. The van der Waals surface area contributed by atoms with E-state index in [4.69, 9.17) is 0 Å². The van der Waals surface area contributed by atoms with E-state index in [0.29, 0.717) is 5.92 Å². The highest BCUT2D eigenvalue weighted by Crippen LogP contribution is 2.24. The molecule has 3 heterocycles. The van der Waals surface area contributed by atoms with Gasteiger partial charge in [0.25, 0.3) is 0 Å². The lowest BCUT2D eigenvalue weighted by atomic mass is 10.0. The minimum Gasteiger partial charge on any atom is -0.280 e. The molecular weight excluding hydrogens is 200 g/mol. The van der Waals surface area contributed by atoms with E-state index < -0.39 is 0 Å². The van der Waals surface area contributed by atoms with E-state index in [9.17, 15) is 0 Å². The predicted octanol–water partition coefficient (Wildman–Crippen LogP) is 2.40. The molecule has 4 nitrogen and oxygen atoms in total. The number of hydrogen-bond acceptors (Lipinski definition) is 3. The summed E-state index contributed by atoms with van der Waals surface area (Å²) < 4.78 is 1.97. The largest absolute Gasteiger partial charge is 0.280 e. The standard InChI is InChI=1S/C12H12N4/c1-8(2)9-6-11-15-14-7-16(11)10-4-3-5-13-12(9)10/h3-8H,1-2H3. The second-order valence-electron chi connectivity index (χ2n) is 4.18. The summed E-state index contributed by atoms with van der Waals surface area (Å²) in [5.74, 6) is 0.430. The van der Waals surface area contributed by atoms with Gasteiger partial charge in [-0.2, -0.15) is 0 Å². The summed E-state index contributed by atoms with van der Waals surface area (Å²) in [7, 11) is 0. The molecule has 0 aliphatic carbocycles. The van der Waals surface area contributed by atoms with E-state index >= 15 is 0 Å². The Balaban J connectivity index is 2.55. The maximum Gasteiger partial charge on any atom is 0.161 e. The van der Waals surface area contributed by atoms with Crippen molar-refractivity contribution in [1.29, 1.82) is 0 Å². The summed E-state index contributed by atoms with van der Waals surface area (Å²) in [4.78, 5) is 4.46. The first-order chi connectivity index (χ1) is 7.77. The molecule has 0 aliphatic heterocycles. The number of fused-ring (bicyclic) bond motifs is 3. The molecule has 0 aliphatic rings. The molecule has 0 N–H and O–H groups in total. The van der Waals surface area contributed by atoms with Crippen molar-refractivity contribution >= 4 is 16.7 Å². The van der Waals surface area contributed by atoms with Crippen LogP contribution in [0.25, 0.3) is 16.7 Å². The third-order valence-electron chi connectivity index (χ3n) is 2.80. The second kappa shape index (κ2) is 3.27. The zero-order valence-electron chi connectivity index (χ0n) is 9.25. The van der Waals surface area contributed by atoms with Gasteiger partial charge in [-0.05, 0) is 29.7 Å². The molecule has 4 heteroatoms. The van der Waals surface area contributed by atoms with Gasteiger partial charge in [0.1, 0.15) is 6.33 Å². The SMILES string of the molecule is CC(C)c1cc2nncn2c2cccnc12. The molecule has 0 saturated heterocycles. The maximum absolute atomic E-state index is 4.46. The molecule has 16 heavy (non-hydrogen) atoms. The van der Waals surface area contributed by atoms with E-state index in [1.54, 1.807) is 6.33 Å². The van der Waals surface area contributed by atoms with Crippen LogP contribution in [-0.4, -0.2) is 19.6 Å². The average molecular weight is 212 g/mol. The molecule has 0 saturated carbocycles. The Morgan fingerprint density at radius 1 is 1.31 bits per heavy atom. The molecule has 0 radical (unpaired) electrons. The van der Waals surface area contributed by atoms with Crippen molar-refractivity contribution in [3.63, 3.8) is 0 Å². The van der Waals surface area contributed by atoms with Gasteiger partial charge in [-0.15, -0.1) is 10.2 Å². The predicted molar refractivity (Wildman–Crippen MR) is 62.4 cm³/mol. The molecule has 3 aromatic heterocycles. The van der Waals surface area contributed by atoms with Crippen molar-refractivity contribution in [2.75, 3.05) is 0 Å². The van der Waals surface area contributed by atoms with Crippen molar-refractivity contribution in [2.45, 2.75) is 19.8 Å². The van der Waals surface area contributed by atoms with E-state index in [2.05, 4.69) is 35.1 Å². The van der Waals surface area contributed by atoms with Crippen LogP contribution in [0.5, 0.6) is 0 Å². The highest BCUT2D eigenvalue weighted by Gasteiger charge is 2.10. The number of rotatable bonds is 1. The fourth-order valence-electron chi connectivity index (χ4n) is 1.99. The van der Waals surface area contributed by atoms with E-state index in [1.165, 1.54) is 5.56 Å². The monoisotopic (exact) mass is 212 g/mol. The Kier molecular flexibility index (Phi) is 1.89. The zero-order valence-corrected chi connectivity index (χ0v) is 9.25. The van der Waals surface area contributed by atoms with Crippen LogP contribution < -0.4 is 0 Å². The highest BCUT2D eigenvalue weighted by atomic mass is 15.2. The molecule has 0 amide bonds. The Morgan fingerprint density at radius 2 is 2.19 bits per heavy atom. The third kappa shape index (κ3) is 1.19. The Morgan fingerprint density at radius 3 is 3.00 bits per heavy atom. The minimum absolute atomic E-state index is 0.430. The molecule has 0 atom stereocenters. The van der Waals surface area contributed by atoms with Gasteiger partial charge in [0, 0.05) is 6.20 Å². The lowest BCUT2D eigenvalue weighted by Gasteiger charge is -2.09.